The molecule has 0 saturated carbocycles. The number of benzene rings is 2. The maximum Gasteiger partial charge on any atom is 0.274 e. The van der Waals surface area contributed by atoms with Gasteiger partial charge in [0.25, 0.3) is 5.56 Å². The first-order valence-corrected chi connectivity index (χ1v) is 8.48. The van der Waals surface area contributed by atoms with E-state index in [0.717, 1.165) is 43.0 Å². The Kier molecular flexibility index (Phi) is 4.15. The normalized spacial score (nSPS) is 14.3. The third kappa shape index (κ3) is 2.98. The van der Waals surface area contributed by atoms with Crippen LogP contribution in [0, 0.1) is 0 Å². The largest absolute Gasteiger partial charge is 0.494 e. The summed E-state index contributed by atoms with van der Waals surface area (Å²) in [4.78, 5) is 15.2. The first kappa shape index (κ1) is 15.7. The molecule has 25 heavy (non-hydrogen) atoms. The summed E-state index contributed by atoms with van der Waals surface area (Å²) < 4.78 is 7.00. The highest BCUT2D eigenvalue weighted by Gasteiger charge is 2.23. The molecule has 0 fully saturated rings. The van der Waals surface area contributed by atoms with Crippen LogP contribution in [0.3, 0.4) is 0 Å². The highest BCUT2D eigenvalue weighted by molar-refractivity contribution is 5.46. The van der Waals surface area contributed by atoms with Gasteiger partial charge in [0.05, 0.1) is 12.8 Å². The predicted molar refractivity (Wildman–Crippen MR) is 97.2 cm³/mol. The van der Waals surface area contributed by atoms with Crippen LogP contribution in [0.2, 0.25) is 0 Å². The molecule has 2 heterocycles. The molecule has 0 saturated heterocycles. The van der Waals surface area contributed by atoms with Gasteiger partial charge in [0, 0.05) is 25.2 Å². The van der Waals surface area contributed by atoms with E-state index in [4.69, 9.17) is 4.74 Å². The molecular weight excluding hydrogens is 314 g/mol. The van der Waals surface area contributed by atoms with Crippen molar-refractivity contribution in [3.05, 3.63) is 81.8 Å². The van der Waals surface area contributed by atoms with Crippen LogP contribution in [0.5, 0.6) is 5.75 Å². The SMILES string of the molecule is COc1ccccc1-n1[nH]c2c(c1=O)CCN(Cc1ccccc1)C2. The monoisotopic (exact) mass is 335 g/mol. The zero-order valence-corrected chi connectivity index (χ0v) is 14.2. The van der Waals surface area contributed by atoms with Crippen LogP contribution in [0.4, 0.5) is 0 Å². The number of hydrogen-bond acceptors (Lipinski definition) is 3. The molecule has 0 amide bonds. The van der Waals surface area contributed by atoms with E-state index in [9.17, 15) is 4.79 Å². The summed E-state index contributed by atoms with van der Waals surface area (Å²) >= 11 is 0. The standard InChI is InChI=1S/C20H21N3O2/c1-25-19-10-6-5-9-18(19)23-20(24)16-11-12-22(14-17(16)21-23)13-15-7-3-2-4-8-15/h2-10,21H,11-14H2,1H3. The van der Waals surface area contributed by atoms with Gasteiger partial charge < -0.3 is 4.74 Å². The number of H-pyrrole nitrogens is 1. The fourth-order valence-corrected chi connectivity index (χ4v) is 3.44. The van der Waals surface area contributed by atoms with Crippen molar-refractivity contribution in [2.45, 2.75) is 19.5 Å². The van der Waals surface area contributed by atoms with Crippen molar-refractivity contribution in [3.63, 3.8) is 0 Å². The highest BCUT2D eigenvalue weighted by atomic mass is 16.5. The van der Waals surface area contributed by atoms with Gasteiger partial charge >= 0.3 is 0 Å². The Labute approximate surface area is 146 Å². The molecule has 1 aromatic heterocycles. The highest BCUT2D eigenvalue weighted by Crippen LogP contribution is 2.23. The number of rotatable bonds is 4. The molecule has 3 aromatic rings. The molecule has 0 atom stereocenters. The molecule has 5 nitrogen and oxygen atoms in total. The van der Waals surface area contributed by atoms with E-state index in [1.165, 1.54) is 5.56 Å². The van der Waals surface area contributed by atoms with Crippen LogP contribution >= 0.6 is 0 Å². The summed E-state index contributed by atoms with van der Waals surface area (Å²) in [5.74, 6) is 0.685. The van der Waals surface area contributed by atoms with Crippen molar-refractivity contribution >= 4 is 0 Å². The van der Waals surface area contributed by atoms with Gasteiger partial charge in [-0.1, -0.05) is 42.5 Å². The van der Waals surface area contributed by atoms with Crippen molar-refractivity contribution in [1.29, 1.82) is 0 Å². The van der Waals surface area contributed by atoms with Crippen molar-refractivity contribution in [1.82, 2.24) is 14.7 Å². The number of nitrogens with one attached hydrogen (secondary N) is 1. The lowest BCUT2D eigenvalue weighted by Crippen LogP contribution is -2.31. The minimum absolute atomic E-state index is 0.0267. The van der Waals surface area contributed by atoms with Crippen molar-refractivity contribution in [2.75, 3.05) is 13.7 Å². The molecule has 0 bridgehead atoms. The summed E-state index contributed by atoms with van der Waals surface area (Å²) in [6.45, 7) is 2.53. The van der Waals surface area contributed by atoms with Gasteiger partial charge in [-0.3, -0.25) is 14.8 Å². The first-order valence-electron chi connectivity index (χ1n) is 8.48. The van der Waals surface area contributed by atoms with E-state index in [-0.39, 0.29) is 5.56 Å². The van der Waals surface area contributed by atoms with E-state index in [1.807, 2.05) is 30.3 Å². The van der Waals surface area contributed by atoms with Crippen LogP contribution in [-0.4, -0.2) is 28.3 Å². The fourth-order valence-electron chi connectivity index (χ4n) is 3.44. The number of aromatic nitrogens is 2. The van der Waals surface area contributed by atoms with Crippen LogP contribution < -0.4 is 10.3 Å². The van der Waals surface area contributed by atoms with E-state index in [1.54, 1.807) is 11.8 Å². The van der Waals surface area contributed by atoms with Crippen LogP contribution in [0.15, 0.2) is 59.4 Å². The molecule has 0 unspecified atom stereocenters. The lowest BCUT2D eigenvalue weighted by molar-refractivity contribution is 0.242. The minimum atomic E-state index is 0.0267. The van der Waals surface area contributed by atoms with Crippen molar-refractivity contribution in [2.24, 2.45) is 0 Å². The summed E-state index contributed by atoms with van der Waals surface area (Å²) in [5, 5.41) is 3.29. The number of aromatic amines is 1. The van der Waals surface area contributed by atoms with Gasteiger partial charge in [-0.25, -0.2) is 4.68 Å². The molecule has 1 aliphatic heterocycles. The maximum atomic E-state index is 12.8. The smallest absolute Gasteiger partial charge is 0.274 e. The Hall–Kier alpha value is -2.79. The zero-order valence-electron chi connectivity index (χ0n) is 14.2. The quantitative estimate of drug-likeness (QED) is 0.798. The third-order valence-electron chi connectivity index (χ3n) is 4.71. The molecule has 0 spiro atoms. The fraction of sp³-hybridized carbons (Fsp3) is 0.250. The summed E-state index contributed by atoms with van der Waals surface area (Å²) in [5.41, 5.74) is 3.95. The van der Waals surface area contributed by atoms with E-state index in [2.05, 4.69) is 34.3 Å². The van der Waals surface area contributed by atoms with Gasteiger partial charge in [0.1, 0.15) is 11.4 Å². The van der Waals surface area contributed by atoms with Gasteiger partial charge in [0.15, 0.2) is 0 Å². The Morgan fingerprint density at radius 3 is 2.64 bits per heavy atom. The molecular formula is C20H21N3O2. The zero-order chi connectivity index (χ0) is 17.2. The average Bonchev–Trinajstić information content (AvgIpc) is 2.98. The van der Waals surface area contributed by atoms with Crippen LogP contribution in [-0.2, 0) is 19.5 Å². The number of hydrogen-bond donors (Lipinski definition) is 1. The second kappa shape index (κ2) is 6.61. The lowest BCUT2D eigenvalue weighted by atomic mass is 10.1. The van der Waals surface area contributed by atoms with E-state index >= 15 is 0 Å². The Balaban J connectivity index is 1.63. The van der Waals surface area contributed by atoms with Crippen molar-refractivity contribution < 1.29 is 4.74 Å². The molecule has 0 aliphatic carbocycles. The number of para-hydroxylation sites is 2. The number of nitrogens with zero attached hydrogens (tertiary/aromatic N) is 2. The average molecular weight is 335 g/mol. The third-order valence-corrected chi connectivity index (χ3v) is 4.71. The van der Waals surface area contributed by atoms with E-state index < -0.39 is 0 Å². The van der Waals surface area contributed by atoms with E-state index in [0.29, 0.717) is 5.75 Å². The molecule has 1 aliphatic rings. The number of ether oxygens (including phenoxy) is 1. The second-order valence-electron chi connectivity index (χ2n) is 6.33. The molecule has 4 rings (SSSR count). The molecule has 128 valence electrons. The Morgan fingerprint density at radius 1 is 1.08 bits per heavy atom. The van der Waals surface area contributed by atoms with Crippen LogP contribution in [0.1, 0.15) is 16.8 Å². The van der Waals surface area contributed by atoms with Gasteiger partial charge in [-0.2, -0.15) is 0 Å². The second-order valence-corrected chi connectivity index (χ2v) is 6.33. The van der Waals surface area contributed by atoms with Gasteiger partial charge in [0.2, 0.25) is 0 Å². The van der Waals surface area contributed by atoms with Gasteiger partial charge in [-0.15, -0.1) is 0 Å². The summed E-state index contributed by atoms with van der Waals surface area (Å²) in [6.07, 6.45) is 0.764. The van der Waals surface area contributed by atoms with Gasteiger partial charge in [-0.05, 0) is 24.1 Å². The summed E-state index contributed by atoms with van der Waals surface area (Å²) in [7, 11) is 1.62. The number of fused-ring (bicyclic) bond motifs is 1. The predicted octanol–water partition coefficient (Wildman–Crippen LogP) is 2.73. The Morgan fingerprint density at radius 2 is 1.84 bits per heavy atom. The number of methoxy groups -OCH3 is 1. The minimum Gasteiger partial charge on any atom is -0.494 e. The first-order chi connectivity index (χ1) is 12.3. The maximum absolute atomic E-state index is 12.8. The van der Waals surface area contributed by atoms with Crippen molar-refractivity contribution in [3.8, 4) is 11.4 Å². The Bertz CT molecular complexity index is 928. The van der Waals surface area contributed by atoms with Crippen LogP contribution in [0.25, 0.3) is 5.69 Å². The molecule has 0 radical (unpaired) electrons. The molecule has 1 N–H and O–H groups in total. The molecule has 5 heteroatoms. The summed E-state index contributed by atoms with van der Waals surface area (Å²) in [6, 6.07) is 18.0. The molecule has 2 aromatic carbocycles. The lowest BCUT2D eigenvalue weighted by Gasteiger charge is -2.25. The topological polar surface area (TPSA) is 50.3 Å².